The van der Waals surface area contributed by atoms with E-state index in [1.165, 1.54) is 12.1 Å². The van der Waals surface area contributed by atoms with Crippen molar-refractivity contribution in [3.8, 4) is 0 Å². The molecule has 0 aliphatic carbocycles. The Morgan fingerprint density at radius 2 is 1.75 bits per heavy atom. The molecule has 0 heterocycles. The van der Waals surface area contributed by atoms with E-state index in [-0.39, 0.29) is 18.6 Å². The monoisotopic (exact) mass is 303 g/mol. The number of hydrogen-bond donors (Lipinski definition) is 2. The smallest absolute Gasteiger partial charge is 0.324 e. The molecule has 0 aromatic heterocycles. The van der Waals surface area contributed by atoms with Crippen LogP contribution in [0.3, 0.4) is 0 Å². The van der Waals surface area contributed by atoms with Gasteiger partial charge in [0, 0.05) is 0 Å². The third-order valence-corrected chi connectivity index (χ3v) is 4.65. The molecule has 0 atom stereocenters. The SMILES string of the molecule is CCC(CC)(NS(=O)(=O)Cc1ccc(F)cc1)C(=O)O. The van der Waals surface area contributed by atoms with Crippen LogP contribution in [0.4, 0.5) is 4.39 Å². The average molecular weight is 303 g/mol. The lowest BCUT2D eigenvalue weighted by Gasteiger charge is -2.27. The highest BCUT2D eigenvalue weighted by Gasteiger charge is 2.38. The summed E-state index contributed by atoms with van der Waals surface area (Å²) in [6, 6.07) is 5.04. The summed E-state index contributed by atoms with van der Waals surface area (Å²) in [6.45, 7) is 3.22. The maximum absolute atomic E-state index is 12.8. The van der Waals surface area contributed by atoms with Gasteiger partial charge in [-0.15, -0.1) is 0 Å². The number of sulfonamides is 1. The summed E-state index contributed by atoms with van der Waals surface area (Å²) in [5.41, 5.74) is -1.11. The van der Waals surface area contributed by atoms with E-state index in [9.17, 15) is 22.7 Å². The number of rotatable bonds is 7. The summed E-state index contributed by atoms with van der Waals surface area (Å²) < 4.78 is 39.1. The van der Waals surface area contributed by atoms with Gasteiger partial charge in [-0.3, -0.25) is 4.79 Å². The van der Waals surface area contributed by atoms with Crippen LogP contribution in [-0.2, 0) is 20.6 Å². The first-order chi connectivity index (χ1) is 9.24. The maximum Gasteiger partial charge on any atom is 0.324 e. The van der Waals surface area contributed by atoms with E-state index in [1.807, 2.05) is 0 Å². The van der Waals surface area contributed by atoms with Gasteiger partial charge < -0.3 is 5.11 Å². The number of aliphatic carboxylic acids is 1. The molecule has 0 radical (unpaired) electrons. The molecule has 0 saturated heterocycles. The van der Waals surface area contributed by atoms with Crippen molar-refractivity contribution in [1.82, 2.24) is 4.72 Å². The van der Waals surface area contributed by atoms with E-state index in [1.54, 1.807) is 13.8 Å². The topological polar surface area (TPSA) is 83.5 Å². The number of nitrogens with one attached hydrogen (secondary N) is 1. The zero-order valence-electron chi connectivity index (χ0n) is 11.4. The Morgan fingerprint density at radius 1 is 1.25 bits per heavy atom. The highest BCUT2D eigenvalue weighted by Crippen LogP contribution is 2.18. The van der Waals surface area contributed by atoms with Crippen molar-refractivity contribution >= 4 is 16.0 Å². The predicted molar refractivity (Wildman–Crippen MR) is 73.1 cm³/mol. The lowest BCUT2D eigenvalue weighted by Crippen LogP contribution is -2.53. The fourth-order valence-corrected chi connectivity index (χ4v) is 3.55. The molecule has 0 spiro atoms. The molecule has 0 unspecified atom stereocenters. The number of halogens is 1. The van der Waals surface area contributed by atoms with Gasteiger partial charge in [-0.25, -0.2) is 12.8 Å². The van der Waals surface area contributed by atoms with Crippen molar-refractivity contribution in [1.29, 1.82) is 0 Å². The molecule has 7 heteroatoms. The lowest BCUT2D eigenvalue weighted by molar-refractivity contribution is -0.144. The zero-order valence-corrected chi connectivity index (χ0v) is 12.2. The van der Waals surface area contributed by atoms with Crippen LogP contribution in [0.5, 0.6) is 0 Å². The van der Waals surface area contributed by atoms with E-state index in [0.717, 1.165) is 12.1 Å². The van der Waals surface area contributed by atoms with Crippen molar-refractivity contribution in [2.45, 2.75) is 38.0 Å². The van der Waals surface area contributed by atoms with Crippen molar-refractivity contribution < 1.29 is 22.7 Å². The van der Waals surface area contributed by atoms with Gasteiger partial charge in [0.2, 0.25) is 10.0 Å². The van der Waals surface area contributed by atoms with Crippen LogP contribution in [0.1, 0.15) is 32.3 Å². The fourth-order valence-electron chi connectivity index (χ4n) is 1.87. The standard InChI is InChI=1S/C13H18FNO4S/c1-3-13(4-2,12(16)17)15-20(18,19)9-10-5-7-11(14)8-6-10/h5-8,15H,3-4,9H2,1-2H3,(H,16,17). The first-order valence-electron chi connectivity index (χ1n) is 6.24. The second-order valence-electron chi connectivity index (χ2n) is 4.58. The summed E-state index contributed by atoms with van der Waals surface area (Å²) >= 11 is 0. The molecule has 1 aromatic carbocycles. The first-order valence-corrected chi connectivity index (χ1v) is 7.89. The van der Waals surface area contributed by atoms with Crippen molar-refractivity contribution in [2.75, 3.05) is 0 Å². The highest BCUT2D eigenvalue weighted by molar-refractivity contribution is 7.88. The van der Waals surface area contributed by atoms with Gasteiger partial charge in [-0.1, -0.05) is 26.0 Å². The molecular formula is C13H18FNO4S. The third-order valence-electron chi connectivity index (χ3n) is 3.24. The molecule has 0 saturated carbocycles. The molecule has 5 nitrogen and oxygen atoms in total. The summed E-state index contributed by atoms with van der Waals surface area (Å²) in [7, 11) is -3.83. The van der Waals surface area contributed by atoms with Crippen LogP contribution >= 0.6 is 0 Å². The predicted octanol–water partition coefficient (Wildman–Crippen LogP) is 1.89. The molecule has 1 aromatic rings. The molecule has 0 fully saturated rings. The van der Waals surface area contributed by atoms with E-state index < -0.39 is 27.3 Å². The Labute approximate surface area is 117 Å². The number of carboxylic acid groups (broad SMARTS) is 1. The second-order valence-corrected chi connectivity index (χ2v) is 6.30. The minimum absolute atomic E-state index is 0.140. The molecule has 0 aliphatic rings. The molecule has 0 aliphatic heterocycles. The van der Waals surface area contributed by atoms with Crippen LogP contribution in [0, 0.1) is 5.82 Å². The molecule has 2 N–H and O–H groups in total. The van der Waals surface area contributed by atoms with Gasteiger partial charge in [0.05, 0.1) is 5.75 Å². The van der Waals surface area contributed by atoms with Crippen molar-refractivity contribution in [2.24, 2.45) is 0 Å². The van der Waals surface area contributed by atoms with E-state index >= 15 is 0 Å². The molecule has 112 valence electrons. The van der Waals surface area contributed by atoms with Crippen molar-refractivity contribution in [3.05, 3.63) is 35.6 Å². The average Bonchev–Trinajstić information content (AvgIpc) is 2.38. The minimum Gasteiger partial charge on any atom is -0.480 e. The van der Waals surface area contributed by atoms with Crippen LogP contribution in [-0.4, -0.2) is 25.0 Å². The Kier molecular flexibility index (Phi) is 5.24. The molecule has 1 rings (SSSR count). The van der Waals surface area contributed by atoms with E-state index in [4.69, 9.17) is 0 Å². The van der Waals surface area contributed by atoms with Crippen LogP contribution < -0.4 is 4.72 Å². The molecular weight excluding hydrogens is 285 g/mol. The zero-order chi connectivity index (χ0) is 15.4. The number of carbonyl (C=O) groups is 1. The summed E-state index contributed by atoms with van der Waals surface area (Å²) in [5, 5.41) is 9.21. The Bertz CT molecular complexity index is 565. The Morgan fingerprint density at radius 3 is 2.15 bits per heavy atom. The lowest BCUT2D eigenvalue weighted by atomic mass is 9.95. The normalized spacial score (nSPS) is 12.3. The van der Waals surface area contributed by atoms with Crippen LogP contribution in [0.2, 0.25) is 0 Å². The van der Waals surface area contributed by atoms with Gasteiger partial charge in [0.1, 0.15) is 11.4 Å². The van der Waals surface area contributed by atoms with Gasteiger partial charge in [0.25, 0.3) is 0 Å². The number of carboxylic acids is 1. The van der Waals surface area contributed by atoms with Gasteiger partial charge in [-0.2, -0.15) is 4.72 Å². The quantitative estimate of drug-likeness (QED) is 0.805. The Balaban J connectivity index is 2.94. The molecule has 0 amide bonds. The summed E-state index contributed by atoms with van der Waals surface area (Å²) in [5.74, 6) is -2.05. The van der Waals surface area contributed by atoms with Gasteiger partial charge in [-0.05, 0) is 30.5 Å². The van der Waals surface area contributed by atoms with Gasteiger partial charge in [0.15, 0.2) is 0 Å². The van der Waals surface area contributed by atoms with Crippen LogP contribution in [0.25, 0.3) is 0 Å². The van der Waals surface area contributed by atoms with Crippen molar-refractivity contribution in [3.63, 3.8) is 0 Å². The maximum atomic E-state index is 12.8. The number of hydrogen-bond acceptors (Lipinski definition) is 3. The van der Waals surface area contributed by atoms with E-state index in [2.05, 4.69) is 4.72 Å². The largest absolute Gasteiger partial charge is 0.480 e. The number of benzene rings is 1. The fraction of sp³-hybridized carbons (Fsp3) is 0.462. The molecule has 0 bridgehead atoms. The summed E-state index contributed by atoms with van der Waals surface area (Å²) in [4.78, 5) is 11.3. The second kappa shape index (κ2) is 6.32. The molecule has 20 heavy (non-hydrogen) atoms. The summed E-state index contributed by atoms with van der Waals surface area (Å²) in [6.07, 6.45) is 0.281. The Hall–Kier alpha value is -1.47. The van der Waals surface area contributed by atoms with Crippen LogP contribution in [0.15, 0.2) is 24.3 Å². The third kappa shape index (κ3) is 4.01. The van der Waals surface area contributed by atoms with Gasteiger partial charge >= 0.3 is 5.97 Å². The van der Waals surface area contributed by atoms with E-state index in [0.29, 0.717) is 5.56 Å². The first kappa shape index (κ1) is 16.6. The minimum atomic E-state index is -3.83. The highest BCUT2D eigenvalue weighted by atomic mass is 32.2.